The van der Waals surface area contributed by atoms with Crippen molar-refractivity contribution in [2.45, 2.75) is 26.3 Å². The minimum Gasteiger partial charge on any atom is -0.331 e. The van der Waals surface area contributed by atoms with Crippen LogP contribution < -0.4 is 5.32 Å². The molecule has 1 N–H and O–H groups in total. The van der Waals surface area contributed by atoms with Crippen molar-refractivity contribution >= 4 is 33.1 Å². The van der Waals surface area contributed by atoms with E-state index >= 15 is 0 Å². The molecule has 0 aliphatic rings. The Kier molecular flexibility index (Phi) is 4.82. The Hall–Kier alpha value is -2.85. The average Bonchev–Trinajstić information content (AvgIpc) is 3.26. The van der Waals surface area contributed by atoms with Gasteiger partial charge in [0, 0.05) is 12.2 Å². The first-order chi connectivity index (χ1) is 13.1. The molecule has 0 saturated heterocycles. The molecule has 2 aromatic heterocycles. The Morgan fingerprint density at radius 2 is 1.78 bits per heavy atom. The molecule has 2 heterocycles. The number of thiophene rings is 1. The molecule has 0 aliphatic heterocycles. The topological polar surface area (TPSA) is 34.0 Å². The highest BCUT2D eigenvalue weighted by Crippen LogP contribution is 2.27. The summed E-state index contributed by atoms with van der Waals surface area (Å²) >= 11 is 1.66. The number of aromatic nitrogens is 1. The maximum absolute atomic E-state index is 13.0. The van der Waals surface area contributed by atoms with Crippen molar-refractivity contribution in [3.05, 3.63) is 88.9 Å². The number of rotatable bonds is 5. The van der Waals surface area contributed by atoms with Gasteiger partial charge in [0.05, 0.1) is 10.2 Å². The van der Waals surface area contributed by atoms with Crippen molar-refractivity contribution in [2.24, 2.45) is 0 Å². The lowest BCUT2D eigenvalue weighted by Gasteiger charge is -2.12. The fourth-order valence-corrected chi connectivity index (χ4v) is 4.07. The summed E-state index contributed by atoms with van der Waals surface area (Å²) in [6.45, 7) is 5.00. The van der Waals surface area contributed by atoms with Crippen molar-refractivity contribution in [3.8, 4) is 0 Å². The van der Waals surface area contributed by atoms with E-state index in [4.69, 9.17) is 0 Å². The second-order valence-corrected chi connectivity index (χ2v) is 7.95. The SMILES string of the molecule is CC(C)c1ccc(NC(=O)c2cc3sccc3n2Cc2ccccc2)cc1. The zero-order chi connectivity index (χ0) is 18.8. The number of benzene rings is 2. The van der Waals surface area contributed by atoms with Gasteiger partial charge in [-0.15, -0.1) is 11.3 Å². The molecule has 4 rings (SSSR count). The van der Waals surface area contributed by atoms with Gasteiger partial charge in [0.2, 0.25) is 0 Å². The van der Waals surface area contributed by atoms with Crippen LogP contribution in [0.25, 0.3) is 10.2 Å². The lowest BCUT2D eigenvalue weighted by Crippen LogP contribution is -2.17. The Balaban J connectivity index is 1.63. The van der Waals surface area contributed by atoms with Gasteiger partial charge in [0.25, 0.3) is 5.91 Å². The summed E-state index contributed by atoms with van der Waals surface area (Å²) in [6, 6.07) is 22.4. The third-order valence-electron chi connectivity index (χ3n) is 4.77. The highest BCUT2D eigenvalue weighted by molar-refractivity contribution is 7.17. The highest BCUT2D eigenvalue weighted by Gasteiger charge is 2.17. The summed E-state index contributed by atoms with van der Waals surface area (Å²) in [5, 5.41) is 5.11. The van der Waals surface area contributed by atoms with E-state index in [-0.39, 0.29) is 5.91 Å². The first-order valence-electron chi connectivity index (χ1n) is 9.14. The van der Waals surface area contributed by atoms with Crippen LogP contribution in [0.4, 0.5) is 5.69 Å². The molecule has 0 bridgehead atoms. The number of hydrogen-bond donors (Lipinski definition) is 1. The number of hydrogen-bond acceptors (Lipinski definition) is 2. The molecular formula is C23H22N2OS. The van der Waals surface area contributed by atoms with Crippen LogP contribution in [0.1, 0.15) is 41.4 Å². The molecular weight excluding hydrogens is 352 g/mol. The van der Waals surface area contributed by atoms with Crippen LogP contribution in [0, 0.1) is 0 Å². The molecule has 27 heavy (non-hydrogen) atoms. The predicted molar refractivity (Wildman–Crippen MR) is 114 cm³/mol. The Morgan fingerprint density at radius 3 is 2.48 bits per heavy atom. The van der Waals surface area contributed by atoms with Crippen LogP contribution >= 0.6 is 11.3 Å². The van der Waals surface area contributed by atoms with Gasteiger partial charge in [0.1, 0.15) is 5.69 Å². The van der Waals surface area contributed by atoms with Gasteiger partial charge in [-0.05, 0) is 46.7 Å². The summed E-state index contributed by atoms with van der Waals surface area (Å²) < 4.78 is 3.23. The molecule has 4 heteroatoms. The first kappa shape index (κ1) is 17.6. The van der Waals surface area contributed by atoms with Crippen molar-refractivity contribution in [1.82, 2.24) is 4.57 Å². The van der Waals surface area contributed by atoms with Crippen LogP contribution in [0.2, 0.25) is 0 Å². The smallest absolute Gasteiger partial charge is 0.272 e. The Morgan fingerprint density at radius 1 is 1.04 bits per heavy atom. The number of anilines is 1. The van der Waals surface area contributed by atoms with Crippen LogP contribution in [-0.4, -0.2) is 10.5 Å². The average molecular weight is 375 g/mol. The van der Waals surface area contributed by atoms with E-state index in [9.17, 15) is 4.79 Å². The summed E-state index contributed by atoms with van der Waals surface area (Å²) in [5.41, 5.74) is 5.05. The van der Waals surface area contributed by atoms with Crippen molar-refractivity contribution in [1.29, 1.82) is 0 Å². The van der Waals surface area contributed by atoms with Gasteiger partial charge >= 0.3 is 0 Å². The molecule has 0 unspecified atom stereocenters. The van der Waals surface area contributed by atoms with Crippen LogP contribution in [0.3, 0.4) is 0 Å². The highest BCUT2D eigenvalue weighted by atomic mass is 32.1. The monoisotopic (exact) mass is 374 g/mol. The first-order valence-corrected chi connectivity index (χ1v) is 10.0. The summed E-state index contributed by atoms with van der Waals surface area (Å²) in [5.74, 6) is 0.399. The molecule has 3 nitrogen and oxygen atoms in total. The van der Waals surface area contributed by atoms with E-state index in [2.05, 4.69) is 59.4 Å². The van der Waals surface area contributed by atoms with Crippen LogP contribution in [-0.2, 0) is 6.54 Å². The van der Waals surface area contributed by atoms with Gasteiger partial charge in [0.15, 0.2) is 0 Å². The lowest BCUT2D eigenvalue weighted by atomic mass is 10.0. The molecule has 2 aromatic carbocycles. The van der Waals surface area contributed by atoms with Crippen molar-refractivity contribution < 1.29 is 4.79 Å². The third-order valence-corrected chi connectivity index (χ3v) is 5.63. The minimum atomic E-state index is -0.0772. The molecule has 4 aromatic rings. The van der Waals surface area contributed by atoms with E-state index in [1.54, 1.807) is 11.3 Å². The van der Waals surface area contributed by atoms with Gasteiger partial charge in [-0.2, -0.15) is 0 Å². The van der Waals surface area contributed by atoms with Crippen molar-refractivity contribution in [2.75, 3.05) is 5.32 Å². The van der Waals surface area contributed by atoms with E-state index < -0.39 is 0 Å². The lowest BCUT2D eigenvalue weighted by molar-refractivity contribution is 0.101. The standard InChI is InChI=1S/C23H22N2OS/c1-16(2)18-8-10-19(11-9-18)24-23(26)21-14-22-20(12-13-27-22)25(21)15-17-6-4-3-5-7-17/h3-14,16H,15H2,1-2H3,(H,24,26). The summed E-state index contributed by atoms with van der Waals surface area (Å²) in [4.78, 5) is 13.0. The fourth-order valence-electron chi connectivity index (χ4n) is 3.25. The van der Waals surface area contributed by atoms with Gasteiger partial charge in [-0.1, -0.05) is 56.3 Å². The number of amides is 1. The van der Waals surface area contributed by atoms with Crippen LogP contribution in [0.5, 0.6) is 0 Å². The predicted octanol–water partition coefficient (Wildman–Crippen LogP) is 6.13. The molecule has 1 amide bonds. The van der Waals surface area contributed by atoms with Gasteiger partial charge in [-0.25, -0.2) is 0 Å². The molecule has 0 spiro atoms. The zero-order valence-corrected chi connectivity index (χ0v) is 16.3. The third kappa shape index (κ3) is 3.67. The number of carbonyl (C=O) groups excluding carboxylic acids is 1. The maximum atomic E-state index is 13.0. The Bertz CT molecular complexity index is 1060. The van der Waals surface area contributed by atoms with Gasteiger partial charge < -0.3 is 9.88 Å². The zero-order valence-electron chi connectivity index (χ0n) is 15.5. The van der Waals surface area contributed by atoms with Gasteiger partial charge in [-0.3, -0.25) is 4.79 Å². The Labute approximate surface area is 163 Å². The van der Waals surface area contributed by atoms with Crippen LogP contribution in [0.15, 0.2) is 72.1 Å². The number of nitrogens with one attached hydrogen (secondary N) is 1. The number of fused-ring (bicyclic) bond motifs is 1. The fraction of sp³-hybridized carbons (Fsp3) is 0.174. The summed E-state index contributed by atoms with van der Waals surface area (Å²) in [6.07, 6.45) is 0. The number of carbonyl (C=O) groups is 1. The minimum absolute atomic E-state index is 0.0772. The number of nitrogens with zero attached hydrogens (tertiary/aromatic N) is 1. The molecule has 136 valence electrons. The molecule has 0 saturated carbocycles. The summed E-state index contributed by atoms with van der Waals surface area (Å²) in [7, 11) is 0. The molecule has 0 fully saturated rings. The second-order valence-electron chi connectivity index (χ2n) is 7.00. The van der Waals surface area contributed by atoms with E-state index in [1.165, 1.54) is 11.1 Å². The van der Waals surface area contributed by atoms with E-state index in [0.717, 1.165) is 15.9 Å². The second kappa shape index (κ2) is 7.41. The quantitative estimate of drug-likeness (QED) is 0.448. The maximum Gasteiger partial charge on any atom is 0.272 e. The molecule has 0 aliphatic carbocycles. The van der Waals surface area contributed by atoms with E-state index in [0.29, 0.717) is 18.2 Å². The largest absolute Gasteiger partial charge is 0.331 e. The normalized spacial score (nSPS) is 11.2. The molecule has 0 atom stereocenters. The van der Waals surface area contributed by atoms with E-state index in [1.807, 2.05) is 36.4 Å². The molecule has 0 radical (unpaired) electrons. The van der Waals surface area contributed by atoms with Crippen molar-refractivity contribution in [3.63, 3.8) is 0 Å².